The average Bonchev–Trinajstić information content (AvgIpc) is 2.65. The Kier molecular flexibility index (Phi) is 11.4. The lowest BCUT2D eigenvalue weighted by Crippen LogP contribution is -2.12. The molecular weight excluding hydrogens is 376 g/mol. The molecular formula is C22H30O5S. The lowest BCUT2D eigenvalue weighted by atomic mass is 10.2. The van der Waals surface area contributed by atoms with E-state index in [0.29, 0.717) is 6.42 Å². The molecule has 1 aromatic carbocycles. The predicted molar refractivity (Wildman–Crippen MR) is 112 cm³/mol. The lowest BCUT2D eigenvalue weighted by Gasteiger charge is -2.07. The van der Waals surface area contributed by atoms with Crippen molar-refractivity contribution < 1.29 is 22.8 Å². The zero-order valence-corrected chi connectivity index (χ0v) is 17.3. The normalized spacial score (nSPS) is 15.3. The van der Waals surface area contributed by atoms with Crippen LogP contribution in [0.1, 0.15) is 31.7 Å². The Morgan fingerprint density at radius 3 is 2.18 bits per heavy atom. The van der Waals surface area contributed by atoms with Crippen molar-refractivity contribution in [2.75, 3.05) is 6.61 Å². The van der Waals surface area contributed by atoms with Crippen LogP contribution in [-0.4, -0.2) is 37.4 Å². The summed E-state index contributed by atoms with van der Waals surface area (Å²) in [6.07, 6.45) is 14.4. The first-order valence-corrected chi connectivity index (χ1v) is 10.7. The van der Waals surface area contributed by atoms with Gasteiger partial charge in [-0.2, -0.15) is 8.42 Å². The van der Waals surface area contributed by atoms with Crippen LogP contribution in [0.2, 0.25) is 0 Å². The molecule has 0 aliphatic carbocycles. The summed E-state index contributed by atoms with van der Waals surface area (Å²) in [6, 6.07) is 6.40. The number of aryl methyl sites for hydroxylation is 1. The van der Waals surface area contributed by atoms with Gasteiger partial charge in [-0.3, -0.25) is 4.18 Å². The summed E-state index contributed by atoms with van der Waals surface area (Å²) in [4.78, 5) is 0.102. The van der Waals surface area contributed by atoms with Crippen molar-refractivity contribution in [3.63, 3.8) is 0 Å². The molecule has 2 atom stereocenters. The maximum absolute atomic E-state index is 12.0. The van der Waals surface area contributed by atoms with E-state index in [1.165, 1.54) is 12.1 Å². The van der Waals surface area contributed by atoms with Crippen LogP contribution in [0.25, 0.3) is 0 Å². The van der Waals surface area contributed by atoms with E-state index in [0.717, 1.165) is 12.0 Å². The third-order valence-electron chi connectivity index (χ3n) is 3.74. The predicted octanol–water partition coefficient (Wildman–Crippen LogP) is 3.84. The fourth-order valence-electron chi connectivity index (χ4n) is 2.14. The lowest BCUT2D eigenvalue weighted by molar-refractivity contribution is 0.180. The van der Waals surface area contributed by atoms with Gasteiger partial charge in [-0.1, -0.05) is 73.2 Å². The van der Waals surface area contributed by atoms with Crippen molar-refractivity contribution in [3.05, 3.63) is 78.4 Å². The summed E-state index contributed by atoms with van der Waals surface area (Å²) in [7, 11) is -3.81. The molecule has 154 valence electrons. The molecule has 2 N–H and O–H groups in total. The first-order chi connectivity index (χ1) is 13.3. The molecule has 28 heavy (non-hydrogen) atoms. The van der Waals surface area contributed by atoms with Crippen LogP contribution in [-0.2, 0) is 14.3 Å². The average molecular weight is 407 g/mol. The van der Waals surface area contributed by atoms with E-state index in [4.69, 9.17) is 4.18 Å². The molecule has 0 radical (unpaired) electrons. The molecule has 0 saturated carbocycles. The van der Waals surface area contributed by atoms with Crippen LogP contribution in [0, 0.1) is 6.92 Å². The Bertz CT molecular complexity index is 774. The Hall–Kier alpha value is -1.99. The highest BCUT2D eigenvalue weighted by molar-refractivity contribution is 7.86. The van der Waals surface area contributed by atoms with Crippen LogP contribution in [0.5, 0.6) is 0 Å². The van der Waals surface area contributed by atoms with Gasteiger partial charge in [0, 0.05) is 6.42 Å². The van der Waals surface area contributed by atoms with Gasteiger partial charge in [0.25, 0.3) is 10.1 Å². The fourth-order valence-corrected chi connectivity index (χ4v) is 3.06. The standard InChI is InChI=1S/C22H30O5S/c1-3-4-7-10-20(23)11-8-5-6-9-12-21(24)17-18-27-28(25,26)22-15-13-19(2)14-16-22/h4-9,11-16,20-21,23-24H,3,10,17-18H2,1-2H3/b6-5+,7-4-,11-8+,12-9+/t20-,21+/m0/s1. The molecule has 0 amide bonds. The Morgan fingerprint density at radius 2 is 1.57 bits per heavy atom. The number of hydrogen-bond acceptors (Lipinski definition) is 5. The maximum Gasteiger partial charge on any atom is 0.296 e. The Balaban J connectivity index is 2.33. The molecule has 6 heteroatoms. The zero-order chi connectivity index (χ0) is 20.8. The van der Waals surface area contributed by atoms with Gasteiger partial charge >= 0.3 is 0 Å². The topological polar surface area (TPSA) is 83.8 Å². The highest BCUT2D eigenvalue weighted by Gasteiger charge is 2.15. The minimum absolute atomic E-state index is 0.102. The summed E-state index contributed by atoms with van der Waals surface area (Å²) in [5, 5.41) is 19.5. The molecule has 0 saturated heterocycles. The van der Waals surface area contributed by atoms with Crippen molar-refractivity contribution >= 4 is 10.1 Å². The van der Waals surface area contributed by atoms with Crippen LogP contribution in [0.4, 0.5) is 0 Å². The minimum Gasteiger partial charge on any atom is -0.389 e. The third-order valence-corrected chi connectivity index (χ3v) is 5.07. The fraction of sp³-hybridized carbons (Fsp3) is 0.364. The van der Waals surface area contributed by atoms with Crippen molar-refractivity contribution in [2.24, 2.45) is 0 Å². The molecule has 0 unspecified atom stereocenters. The number of hydrogen-bond donors (Lipinski definition) is 2. The number of aliphatic hydroxyl groups is 2. The van der Waals surface area contributed by atoms with Gasteiger partial charge in [-0.25, -0.2) is 0 Å². The SMILES string of the molecule is CC/C=C\C[C@H](O)/C=C/C=C/C=C/[C@@H](O)CCOS(=O)(=O)c1ccc(C)cc1. The highest BCUT2D eigenvalue weighted by Crippen LogP contribution is 2.13. The van der Waals surface area contributed by atoms with E-state index in [1.807, 2.05) is 26.0 Å². The maximum atomic E-state index is 12.0. The van der Waals surface area contributed by atoms with Crippen LogP contribution in [0.3, 0.4) is 0 Å². The molecule has 0 bridgehead atoms. The molecule has 0 aliphatic rings. The van der Waals surface area contributed by atoms with Crippen LogP contribution >= 0.6 is 0 Å². The molecule has 5 nitrogen and oxygen atoms in total. The second kappa shape index (κ2) is 13.2. The second-order valence-electron chi connectivity index (χ2n) is 6.28. The summed E-state index contributed by atoms with van der Waals surface area (Å²) in [5.74, 6) is 0. The van der Waals surface area contributed by atoms with Gasteiger partial charge in [0.2, 0.25) is 0 Å². The van der Waals surface area contributed by atoms with Crippen molar-refractivity contribution in [1.82, 2.24) is 0 Å². The second-order valence-corrected chi connectivity index (χ2v) is 7.90. The smallest absolute Gasteiger partial charge is 0.296 e. The van der Waals surface area contributed by atoms with Gasteiger partial charge in [-0.05, 0) is 31.9 Å². The Morgan fingerprint density at radius 1 is 0.964 bits per heavy atom. The van der Waals surface area contributed by atoms with E-state index in [1.54, 1.807) is 48.6 Å². The van der Waals surface area contributed by atoms with Crippen molar-refractivity contribution in [3.8, 4) is 0 Å². The third kappa shape index (κ3) is 10.4. The van der Waals surface area contributed by atoms with E-state index >= 15 is 0 Å². The molecule has 1 aromatic rings. The van der Waals surface area contributed by atoms with Gasteiger partial charge in [0.1, 0.15) is 0 Å². The van der Waals surface area contributed by atoms with Crippen LogP contribution in [0.15, 0.2) is 77.8 Å². The summed E-state index contributed by atoms with van der Waals surface area (Å²) >= 11 is 0. The van der Waals surface area contributed by atoms with Gasteiger partial charge in [0.05, 0.1) is 23.7 Å². The van der Waals surface area contributed by atoms with E-state index in [-0.39, 0.29) is 17.9 Å². The van der Waals surface area contributed by atoms with Gasteiger partial charge in [0.15, 0.2) is 0 Å². The summed E-state index contributed by atoms with van der Waals surface area (Å²) < 4.78 is 29.0. The van der Waals surface area contributed by atoms with E-state index in [2.05, 4.69) is 0 Å². The molecule has 0 aliphatic heterocycles. The summed E-state index contributed by atoms with van der Waals surface area (Å²) in [5.41, 5.74) is 0.963. The van der Waals surface area contributed by atoms with Gasteiger partial charge in [-0.15, -0.1) is 0 Å². The molecule has 1 rings (SSSR count). The number of allylic oxidation sites excluding steroid dienone is 5. The first-order valence-electron chi connectivity index (χ1n) is 9.34. The molecule has 0 aromatic heterocycles. The highest BCUT2D eigenvalue weighted by atomic mass is 32.2. The van der Waals surface area contributed by atoms with E-state index in [9.17, 15) is 18.6 Å². The Labute approximate surface area is 168 Å². The molecule has 0 heterocycles. The quantitative estimate of drug-likeness (QED) is 0.313. The summed E-state index contributed by atoms with van der Waals surface area (Å²) in [6.45, 7) is 3.80. The molecule has 0 fully saturated rings. The van der Waals surface area contributed by atoms with Crippen molar-refractivity contribution in [2.45, 2.75) is 50.2 Å². The monoisotopic (exact) mass is 406 g/mol. The van der Waals surface area contributed by atoms with Crippen molar-refractivity contribution in [1.29, 1.82) is 0 Å². The molecule has 0 spiro atoms. The minimum atomic E-state index is -3.81. The van der Waals surface area contributed by atoms with Crippen LogP contribution < -0.4 is 0 Å². The van der Waals surface area contributed by atoms with Gasteiger partial charge < -0.3 is 10.2 Å². The first kappa shape index (κ1) is 24.0. The number of aliphatic hydroxyl groups excluding tert-OH is 2. The zero-order valence-electron chi connectivity index (χ0n) is 16.4. The largest absolute Gasteiger partial charge is 0.389 e. The number of benzene rings is 1. The number of rotatable bonds is 12. The van der Waals surface area contributed by atoms with E-state index < -0.39 is 22.3 Å².